The molecule has 0 saturated heterocycles. The van der Waals surface area contributed by atoms with E-state index in [4.69, 9.17) is 16.3 Å². The van der Waals surface area contributed by atoms with Gasteiger partial charge < -0.3 is 15.0 Å². The predicted octanol–water partition coefficient (Wildman–Crippen LogP) is 5.58. The van der Waals surface area contributed by atoms with Crippen LogP contribution >= 0.6 is 11.6 Å². The Morgan fingerprint density at radius 1 is 1.00 bits per heavy atom. The number of carbonyl (C=O) groups excluding carboxylic acids is 2. The van der Waals surface area contributed by atoms with Gasteiger partial charge in [-0.05, 0) is 55.2 Å². The maximum Gasteiger partial charge on any atom is 0.261 e. The summed E-state index contributed by atoms with van der Waals surface area (Å²) in [5.41, 5.74) is 3.02. The third kappa shape index (κ3) is 7.86. The first-order valence-electron chi connectivity index (χ1n) is 11.9. The number of benzene rings is 3. The maximum atomic E-state index is 13.6. The van der Waals surface area contributed by atoms with Crippen molar-refractivity contribution in [1.29, 1.82) is 0 Å². The van der Waals surface area contributed by atoms with E-state index in [2.05, 4.69) is 5.32 Å². The van der Waals surface area contributed by atoms with Crippen molar-refractivity contribution in [3.63, 3.8) is 0 Å². The number of halogens is 1. The average molecular weight is 493 g/mol. The number of nitrogens with one attached hydrogen (secondary N) is 1. The van der Waals surface area contributed by atoms with Crippen molar-refractivity contribution in [2.75, 3.05) is 6.61 Å². The molecular formula is C29H33ClN2O3. The van der Waals surface area contributed by atoms with Gasteiger partial charge in [-0.25, -0.2) is 0 Å². The molecule has 0 radical (unpaired) electrons. The van der Waals surface area contributed by atoms with Gasteiger partial charge in [-0.2, -0.15) is 0 Å². The third-order valence-electron chi connectivity index (χ3n) is 6.03. The zero-order valence-corrected chi connectivity index (χ0v) is 21.3. The fraction of sp³-hybridized carbons (Fsp3) is 0.310. The monoisotopic (exact) mass is 492 g/mol. The van der Waals surface area contributed by atoms with Crippen LogP contribution in [0.4, 0.5) is 0 Å². The molecule has 0 spiro atoms. The molecule has 3 aromatic carbocycles. The molecular weight excluding hydrogens is 460 g/mol. The Morgan fingerprint density at radius 3 is 2.40 bits per heavy atom. The maximum absolute atomic E-state index is 13.6. The summed E-state index contributed by atoms with van der Waals surface area (Å²) in [6, 6.07) is 23.9. The normalized spacial score (nSPS) is 12.5. The molecule has 5 nitrogen and oxygen atoms in total. The lowest BCUT2D eigenvalue weighted by atomic mass is 10.0. The quantitative estimate of drug-likeness (QED) is 0.380. The minimum Gasteiger partial charge on any atom is -0.484 e. The summed E-state index contributed by atoms with van der Waals surface area (Å²) in [5.74, 6) is 0.0618. The van der Waals surface area contributed by atoms with Crippen LogP contribution in [0.1, 0.15) is 37.0 Å². The van der Waals surface area contributed by atoms with E-state index >= 15 is 0 Å². The van der Waals surface area contributed by atoms with Crippen LogP contribution in [-0.2, 0) is 22.6 Å². The summed E-state index contributed by atoms with van der Waals surface area (Å²) in [4.78, 5) is 28.7. The summed E-state index contributed by atoms with van der Waals surface area (Å²) < 4.78 is 5.77. The van der Waals surface area contributed by atoms with Crippen LogP contribution < -0.4 is 10.1 Å². The van der Waals surface area contributed by atoms with Crippen molar-refractivity contribution >= 4 is 23.4 Å². The molecule has 3 rings (SSSR count). The van der Waals surface area contributed by atoms with Gasteiger partial charge in [0.15, 0.2) is 6.61 Å². The van der Waals surface area contributed by atoms with Gasteiger partial charge in [-0.3, -0.25) is 9.59 Å². The second-order valence-corrected chi connectivity index (χ2v) is 9.15. The van der Waals surface area contributed by atoms with Crippen molar-refractivity contribution in [1.82, 2.24) is 10.2 Å². The summed E-state index contributed by atoms with van der Waals surface area (Å²) >= 11 is 6.06. The Hall–Kier alpha value is -3.31. The van der Waals surface area contributed by atoms with Gasteiger partial charge in [-0.1, -0.05) is 79.2 Å². The molecule has 0 saturated carbocycles. The number of amides is 2. The molecule has 0 aromatic heterocycles. The van der Waals surface area contributed by atoms with Gasteiger partial charge in [0.2, 0.25) is 5.91 Å². The van der Waals surface area contributed by atoms with Crippen LogP contribution in [0.5, 0.6) is 5.75 Å². The highest BCUT2D eigenvalue weighted by Crippen LogP contribution is 2.20. The van der Waals surface area contributed by atoms with Crippen LogP contribution in [-0.4, -0.2) is 35.4 Å². The second kappa shape index (κ2) is 13.0. The van der Waals surface area contributed by atoms with E-state index in [1.807, 2.05) is 75.4 Å². The lowest BCUT2D eigenvalue weighted by molar-refractivity contribution is -0.143. The number of hydrogen-bond acceptors (Lipinski definition) is 3. The fourth-order valence-electron chi connectivity index (χ4n) is 3.75. The van der Waals surface area contributed by atoms with E-state index < -0.39 is 6.04 Å². The summed E-state index contributed by atoms with van der Waals surface area (Å²) in [6.45, 7) is 6.09. The molecule has 2 atom stereocenters. The topological polar surface area (TPSA) is 58.6 Å². The van der Waals surface area contributed by atoms with Crippen molar-refractivity contribution in [2.45, 2.75) is 52.2 Å². The van der Waals surface area contributed by atoms with Gasteiger partial charge in [0.25, 0.3) is 5.91 Å². The van der Waals surface area contributed by atoms with E-state index in [0.717, 1.165) is 23.1 Å². The first-order chi connectivity index (χ1) is 16.9. The highest BCUT2D eigenvalue weighted by molar-refractivity contribution is 6.30. The molecule has 35 heavy (non-hydrogen) atoms. The molecule has 0 heterocycles. The molecule has 0 aliphatic carbocycles. The number of carbonyl (C=O) groups is 2. The summed E-state index contributed by atoms with van der Waals surface area (Å²) in [5, 5.41) is 3.61. The van der Waals surface area contributed by atoms with Crippen LogP contribution in [0.3, 0.4) is 0 Å². The molecule has 6 heteroatoms. The molecule has 184 valence electrons. The highest BCUT2D eigenvalue weighted by Gasteiger charge is 2.31. The van der Waals surface area contributed by atoms with E-state index in [0.29, 0.717) is 23.7 Å². The smallest absolute Gasteiger partial charge is 0.261 e. The Labute approximate surface area is 213 Å². The molecule has 0 aliphatic rings. The Morgan fingerprint density at radius 2 is 1.71 bits per heavy atom. The number of aryl methyl sites for hydroxylation is 1. The van der Waals surface area contributed by atoms with E-state index in [9.17, 15) is 9.59 Å². The van der Waals surface area contributed by atoms with Crippen molar-refractivity contribution < 1.29 is 14.3 Å². The van der Waals surface area contributed by atoms with Gasteiger partial charge in [0.1, 0.15) is 11.8 Å². The van der Waals surface area contributed by atoms with Crippen molar-refractivity contribution in [2.24, 2.45) is 0 Å². The number of ether oxygens (including phenoxy) is 1. The number of nitrogens with zero attached hydrogens (tertiary/aromatic N) is 1. The van der Waals surface area contributed by atoms with Crippen LogP contribution in [0, 0.1) is 6.92 Å². The highest BCUT2D eigenvalue weighted by atomic mass is 35.5. The lowest BCUT2D eigenvalue weighted by Gasteiger charge is -2.32. The Kier molecular flexibility index (Phi) is 9.74. The fourth-order valence-corrected chi connectivity index (χ4v) is 3.93. The van der Waals surface area contributed by atoms with E-state index in [1.165, 1.54) is 0 Å². The minimum absolute atomic E-state index is 0.00102. The van der Waals surface area contributed by atoms with Gasteiger partial charge >= 0.3 is 0 Å². The van der Waals surface area contributed by atoms with E-state index in [1.54, 1.807) is 29.2 Å². The zero-order valence-electron chi connectivity index (χ0n) is 20.5. The summed E-state index contributed by atoms with van der Waals surface area (Å²) in [7, 11) is 0. The van der Waals surface area contributed by atoms with Crippen LogP contribution in [0.25, 0.3) is 0 Å². The third-order valence-corrected chi connectivity index (χ3v) is 6.27. The minimum atomic E-state index is -0.693. The predicted molar refractivity (Wildman–Crippen MR) is 141 cm³/mol. The second-order valence-electron chi connectivity index (χ2n) is 8.72. The van der Waals surface area contributed by atoms with Crippen molar-refractivity contribution in [3.8, 4) is 5.75 Å². The number of hydrogen-bond donors (Lipinski definition) is 1. The molecule has 1 N–H and O–H groups in total. The zero-order chi connectivity index (χ0) is 25.2. The van der Waals surface area contributed by atoms with Crippen molar-refractivity contribution in [3.05, 3.63) is 101 Å². The Balaban J connectivity index is 1.92. The standard InChI is InChI=1S/C29H33ClN2O3/c1-4-22(3)31-29(34)27(17-23-12-6-5-7-13-23)32(19-24-14-9-8-11-21(24)2)28(33)20-35-26-16-10-15-25(30)18-26/h5-16,18,22,27H,4,17,19-20H2,1-3H3,(H,31,34)/t22-,27-/m1/s1. The lowest BCUT2D eigenvalue weighted by Crippen LogP contribution is -2.53. The first kappa shape index (κ1) is 26.3. The first-order valence-corrected chi connectivity index (χ1v) is 12.3. The molecule has 0 fully saturated rings. The number of rotatable bonds is 11. The van der Waals surface area contributed by atoms with E-state index in [-0.39, 0.29) is 24.5 Å². The molecule has 0 unspecified atom stereocenters. The largest absolute Gasteiger partial charge is 0.484 e. The Bertz CT molecular complexity index is 1120. The van der Waals surface area contributed by atoms with Gasteiger partial charge in [0, 0.05) is 24.0 Å². The molecule has 3 aromatic rings. The summed E-state index contributed by atoms with van der Waals surface area (Å²) in [6.07, 6.45) is 1.20. The van der Waals surface area contributed by atoms with Crippen LogP contribution in [0.2, 0.25) is 5.02 Å². The van der Waals surface area contributed by atoms with Crippen LogP contribution in [0.15, 0.2) is 78.9 Å². The average Bonchev–Trinajstić information content (AvgIpc) is 2.86. The SMILES string of the molecule is CC[C@@H](C)NC(=O)[C@@H](Cc1ccccc1)N(Cc1ccccc1C)C(=O)COc1cccc(Cl)c1. The van der Waals surface area contributed by atoms with Gasteiger partial charge in [-0.15, -0.1) is 0 Å². The molecule has 2 amide bonds. The molecule has 0 aliphatic heterocycles. The van der Waals surface area contributed by atoms with Gasteiger partial charge in [0.05, 0.1) is 0 Å². The molecule has 0 bridgehead atoms.